The number of benzene rings is 2. The summed E-state index contributed by atoms with van der Waals surface area (Å²) < 4.78 is 6.37. The maximum absolute atomic E-state index is 5.27. The van der Waals surface area contributed by atoms with Gasteiger partial charge in [0.15, 0.2) is 0 Å². The number of hydrogen-bond donors (Lipinski definition) is 0. The highest BCUT2D eigenvalue weighted by Gasteiger charge is 2.08. The van der Waals surface area contributed by atoms with Gasteiger partial charge in [-0.25, -0.2) is 0 Å². The molecule has 0 amide bonds. The van der Waals surface area contributed by atoms with E-state index in [0.29, 0.717) is 0 Å². The summed E-state index contributed by atoms with van der Waals surface area (Å²) in [5.41, 5.74) is 3.73. The molecule has 0 fully saturated rings. The van der Waals surface area contributed by atoms with Gasteiger partial charge in [0.1, 0.15) is 5.75 Å². The van der Waals surface area contributed by atoms with E-state index in [2.05, 4.69) is 74.1 Å². The van der Waals surface area contributed by atoms with Gasteiger partial charge in [-0.3, -0.25) is 0 Å². The summed E-state index contributed by atoms with van der Waals surface area (Å²) in [5.74, 6) is 0.896. The van der Waals surface area contributed by atoms with E-state index in [4.69, 9.17) is 4.74 Å². The number of rotatable bonds is 5. The summed E-state index contributed by atoms with van der Waals surface area (Å²) in [5, 5.41) is 0.838. The Morgan fingerprint density at radius 1 is 1.15 bits per heavy atom. The largest absolute Gasteiger partial charge is 0.497 e. The monoisotopic (exact) mass is 397 g/mol. The minimum atomic E-state index is 0.838. The van der Waals surface area contributed by atoms with Crippen molar-refractivity contribution >= 4 is 37.5 Å². The minimum absolute atomic E-state index is 0.838. The van der Waals surface area contributed by atoms with Gasteiger partial charge in [-0.2, -0.15) is 0 Å². The van der Waals surface area contributed by atoms with Crippen molar-refractivity contribution in [1.82, 2.24) is 0 Å². The van der Waals surface area contributed by atoms with E-state index in [0.717, 1.165) is 22.1 Å². The maximum atomic E-state index is 5.27. The van der Waals surface area contributed by atoms with Crippen molar-refractivity contribution in [3.63, 3.8) is 0 Å². The van der Waals surface area contributed by atoms with Crippen LogP contribution in [0, 0.1) is 0 Å². The highest BCUT2D eigenvalue weighted by molar-refractivity contribution is 9.10. The predicted molar refractivity (Wildman–Crippen MR) is 91.9 cm³/mol. The number of alkyl halides is 1. The van der Waals surface area contributed by atoms with E-state index in [9.17, 15) is 0 Å². The molecule has 2 aromatic rings. The summed E-state index contributed by atoms with van der Waals surface area (Å²) in [7, 11) is 3.80. The van der Waals surface area contributed by atoms with Crippen molar-refractivity contribution in [2.75, 3.05) is 19.1 Å². The van der Waals surface area contributed by atoms with Crippen LogP contribution in [0.15, 0.2) is 46.9 Å². The summed E-state index contributed by atoms with van der Waals surface area (Å²) in [6.45, 7) is 0.846. The van der Waals surface area contributed by atoms with Crippen molar-refractivity contribution in [2.45, 2.75) is 11.9 Å². The van der Waals surface area contributed by atoms with Crippen LogP contribution in [0.25, 0.3) is 0 Å². The lowest BCUT2D eigenvalue weighted by molar-refractivity contribution is 0.414. The second-order valence-corrected chi connectivity index (χ2v) is 6.09. The standard InChI is InChI=1S/C16H17Br2NO/c1-19(11-12-4-3-5-15(8-12)20-2)16-7-6-14(18)9-13(16)10-17/h3-9H,10-11H2,1-2H3. The van der Waals surface area contributed by atoms with Crippen molar-refractivity contribution in [3.05, 3.63) is 58.1 Å². The molecule has 0 aliphatic carbocycles. The van der Waals surface area contributed by atoms with E-state index in [1.807, 2.05) is 12.1 Å². The van der Waals surface area contributed by atoms with E-state index in [-0.39, 0.29) is 0 Å². The van der Waals surface area contributed by atoms with Crippen LogP contribution in [0.5, 0.6) is 5.75 Å². The second kappa shape index (κ2) is 7.14. The first-order chi connectivity index (χ1) is 9.63. The Balaban J connectivity index is 2.21. The van der Waals surface area contributed by atoms with Gasteiger partial charge in [-0.15, -0.1) is 0 Å². The molecule has 0 heterocycles. The fourth-order valence-electron chi connectivity index (χ4n) is 2.16. The Morgan fingerprint density at radius 3 is 2.65 bits per heavy atom. The number of methoxy groups -OCH3 is 1. The zero-order valence-corrected chi connectivity index (χ0v) is 14.7. The molecule has 2 nitrogen and oxygen atoms in total. The Morgan fingerprint density at radius 2 is 1.95 bits per heavy atom. The second-order valence-electron chi connectivity index (χ2n) is 4.61. The van der Waals surface area contributed by atoms with E-state index < -0.39 is 0 Å². The van der Waals surface area contributed by atoms with Crippen molar-refractivity contribution in [3.8, 4) is 5.75 Å². The van der Waals surface area contributed by atoms with Crippen LogP contribution in [0.2, 0.25) is 0 Å². The quantitative estimate of drug-likeness (QED) is 0.658. The number of ether oxygens (including phenoxy) is 1. The zero-order chi connectivity index (χ0) is 14.5. The molecule has 106 valence electrons. The number of anilines is 1. The van der Waals surface area contributed by atoms with Gasteiger partial charge < -0.3 is 9.64 Å². The SMILES string of the molecule is COc1cccc(CN(C)c2ccc(Br)cc2CBr)c1. The smallest absolute Gasteiger partial charge is 0.119 e. The average Bonchev–Trinajstić information content (AvgIpc) is 2.47. The average molecular weight is 399 g/mol. The molecular weight excluding hydrogens is 382 g/mol. The maximum Gasteiger partial charge on any atom is 0.119 e. The molecule has 2 aromatic carbocycles. The molecule has 0 spiro atoms. The first-order valence-corrected chi connectivity index (χ1v) is 8.24. The van der Waals surface area contributed by atoms with E-state index in [1.165, 1.54) is 16.8 Å². The molecular formula is C16H17Br2NO. The van der Waals surface area contributed by atoms with Gasteiger partial charge in [0, 0.05) is 29.1 Å². The Kier molecular flexibility index (Phi) is 5.49. The van der Waals surface area contributed by atoms with Crippen molar-refractivity contribution in [1.29, 1.82) is 0 Å². The van der Waals surface area contributed by atoms with E-state index >= 15 is 0 Å². The Labute approximate surface area is 137 Å². The van der Waals surface area contributed by atoms with Crippen LogP contribution in [0.3, 0.4) is 0 Å². The topological polar surface area (TPSA) is 12.5 Å². The molecule has 0 bridgehead atoms. The van der Waals surface area contributed by atoms with Gasteiger partial charge in [0.05, 0.1) is 7.11 Å². The molecule has 20 heavy (non-hydrogen) atoms. The van der Waals surface area contributed by atoms with Crippen LogP contribution in [0.4, 0.5) is 5.69 Å². The fraction of sp³-hybridized carbons (Fsp3) is 0.250. The van der Waals surface area contributed by atoms with Crippen LogP contribution >= 0.6 is 31.9 Å². The number of halogens is 2. The molecule has 0 unspecified atom stereocenters. The van der Waals surface area contributed by atoms with Gasteiger partial charge in [-0.05, 0) is 41.5 Å². The van der Waals surface area contributed by atoms with Crippen LogP contribution in [-0.2, 0) is 11.9 Å². The predicted octanol–water partition coefficient (Wildman–Crippen LogP) is 4.99. The van der Waals surface area contributed by atoms with Gasteiger partial charge >= 0.3 is 0 Å². The van der Waals surface area contributed by atoms with E-state index in [1.54, 1.807) is 7.11 Å². The first-order valence-electron chi connectivity index (χ1n) is 6.32. The molecule has 0 saturated heterocycles. The lowest BCUT2D eigenvalue weighted by Crippen LogP contribution is -2.17. The normalized spacial score (nSPS) is 10.4. The van der Waals surface area contributed by atoms with Crippen molar-refractivity contribution < 1.29 is 4.74 Å². The van der Waals surface area contributed by atoms with Crippen LogP contribution in [-0.4, -0.2) is 14.2 Å². The molecule has 0 N–H and O–H groups in total. The molecule has 0 aliphatic heterocycles. The third-order valence-corrected chi connectivity index (χ3v) is 4.25. The highest BCUT2D eigenvalue weighted by Crippen LogP contribution is 2.27. The summed E-state index contributed by atoms with van der Waals surface area (Å²) >= 11 is 7.07. The minimum Gasteiger partial charge on any atom is -0.497 e. The van der Waals surface area contributed by atoms with Crippen LogP contribution < -0.4 is 9.64 Å². The lowest BCUT2D eigenvalue weighted by atomic mass is 10.1. The Bertz CT molecular complexity index is 586. The van der Waals surface area contributed by atoms with Gasteiger partial charge in [0.25, 0.3) is 0 Å². The molecule has 0 aromatic heterocycles. The third kappa shape index (κ3) is 3.76. The number of nitrogens with zero attached hydrogens (tertiary/aromatic N) is 1. The molecule has 2 rings (SSSR count). The Hall–Kier alpha value is -1.000. The zero-order valence-electron chi connectivity index (χ0n) is 11.6. The van der Waals surface area contributed by atoms with Crippen molar-refractivity contribution in [2.24, 2.45) is 0 Å². The molecule has 0 atom stereocenters. The third-order valence-electron chi connectivity index (χ3n) is 3.15. The highest BCUT2D eigenvalue weighted by atomic mass is 79.9. The van der Waals surface area contributed by atoms with Gasteiger partial charge in [-0.1, -0.05) is 44.0 Å². The first kappa shape index (κ1) is 15.4. The van der Waals surface area contributed by atoms with Gasteiger partial charge in [0.2, 0.25) is 0 Å². The summed E-state index contributed by atoms with van der Waals surface area (Å²) in [4.78, 5) is 2.25. The molecule has 4 heteroatoms. The van der Waals surface area contributed by atoms with Crippen LogP contribution in [0.1, 0.15) is 11.1 Å². The summed E-state index contributed by atoms with van der Waals surface area (Å²) in [6.07, 6.45) is 0. The fourth-order valence-corrected chi connectivity index (χ4v) is 3.02. The number of hydrogen-bond acceptors (Lipinski definition) is 2. The molecule has 0 aliphatic rings. The summed E-state index contributed by atoms with van der Waals surface area (Å²) in [6, 6.07) is 14.5. The molecule has 0 saturated carbocycles. The molecule has 0 radical (unpaired) electrons. The lowest BCUT2D eigenvalue weighted by Gasteiger charge is -2.22.